The molecule has 0 aromatic rings. The van der Waals surface area contributed by atoms with Crippen LogP contribution in [0.4, 0.5) is 0 Å². The molecule has 0 aromatic carbocycles. The van der Waals surface area contributed by atoms with Crippen LogP contribution in [0.2, 0.25) is 0 Å². The number of aliphatic hydroxyl groups is 1. The van der Waals surface area contributed by atoms with E-state index in [-0.39, 0.29) is 12.0 Å². The molecule has 0 radical (unpaired) electrons. The first-order valence-electron chi connectivity index (χ1n) is 7.35. The molecule has 104 valence electrons. The molecule has 1 unspecified atom stereocenters. The van der Waals surface area contributed by atoms with Crippen LogP contribution in [0.5, 0.6) is 0 Å². The van der Waals surface area contributed by atoms with E-state index in [0.717, 1.165) is 25.4 Å². The van der Waals surface area contributed by atoms with Crippen molar-refractivity contribution in [1.29, 1.82) is 0 Å². The first kappa shape index (κ1) is 16.9. The van der Waals surface area contributed by atoms with Crippen molar-refractivity contribution in [1.82, 2.24) is 5.32 Å². The Morgan fingerprint density at radius 3 is 2.29 bits per heavy atom. The van der Waals surface area contributed by atoms with Gasteiger partial charge >= 0.3 is 0 Å². The standard InChI is InChI=1S/C15H33NO/c1-5-15(4,13-17)12-16-11-9-7-6-8-10-14(2)3/h14,16-17H,5-13H2,1-4H3. The highest BCUT2D eigenvalue weighted by Crippen LogP contribution is 2.18. The zero-order valence-corrected chi connectivity index (χ0v) is 12.4. The summed E-state index contributed by atoms with van der Waals surface area (Å²) in [5.74, 6) is 0.850. The second kappa shape index (κ2) is 9.90. The highest BCUT2D eigenvalue weighted by atomic mass is 16.3. The summed E-state index contributed by atoms with van der Waals surface area (Å²) < 4.78 is 0. The first-order chi connectivity index (χ1) is 8.04. The molecule has 1 atom stereocenters. The Balaban J connectivity index is 3.29. The molecule has 2 heteroatoms. The summed E-state index contributed by atoms with van der Waals surface area (Å²) in [5, 5.41) is 12.7. The van der Waals surface area contributed by atoms with E-state index in [9.17, 15) is 5.11 Å². The average molecular weight is 243 g/mol. The minimum Gasteiger partial charge on any atom is -0.396 e. The summed E-state index contributed by atoms with van der Waals surface area (Å²) in [6, 6.07) is 0. The summed E-state index contributed by atoms with van der Waals surface area (Å²) in [7, 11) is 0. The van der Waals surface area contributed by atoms with Gasteiger partial charge in [-0.3, -0.25) is 0 Å². The highest BCUT2D eigenvalue weighted by molar-refractivity contribution is 4.73. The molecule has 0 saturated heterocycles. The summed E-state index contributed by atoms with van der Waals surface area (Å²) in [4.78, 5) is 0. The molecule has 0 rings (SSSR count). The lowest BCUT2D eigenvalue weighted by Crippen LogP contribution is -2.34. The number of nitrogens with one attached hydrogen (secondary N) is 1. The van der Waals surface area contributed by atoms with E-state index in [0.29, 0.717) is 0 Å². The van der Waals surface area contributed by atoms with Crippen LogP contribution in [0, 0.1) is 11.3 Å². The SMILES string of the molecule is CCC(C)(CO)CNCCCCCCC(C)C. The molecule has 0 amide bonds. The zero-order chi connectivity index (χ0) is 13.1. The number of aliphatic hydroxyl groups excluding tert-OH is 1. The van der Waals surface area contributed by atoms with Crippen molar-refractivity contribution in [2.75, 3.05) is 19.7 Å². The minimum absolute atomic E-state index is 0.0671. The highest BCUT2D eigenvalue weighted by Gasteiger charge is 2.19. The molecule has 2 nitrogen and oxygen atoms in total. The molecular formula is C15H33NO. The van der Waals surface area contributed by atoms with Gasteiger partial charge in [0.05, 0.1) is 0 Å². The topological polar surface area (TPSA) is 32.3 Å². The maximum absolute atomic E-state index is 9.27. The number of hydrogen-bond donors (Lipinski definition) is 2. The second-order valence-electron chi connectivity index (χ2n) is 6.10. The van der Waals surface area contributed by atoms with Gasteiger partial charge < -0.3 is 10.4 Å². The maximum atomic E-state index is 9.27. The van der Waals surface area contributed by atoms with Crippen molar-refractivity contribution in [2.24, 2.45) is 11.3 Å². The fourth-order valence-electron chi connectivity index (χ4n) is 1.84. The van der Waals surface area contributed by atoms with Crippen molar-refractivity contribution in [3.05, 3.63) is 0 Å². The number of unbranched alkanes of at least 4 members (excludes halogenated alkanes) is 3. The van der Waals surface area contributed by atoms with Gasteiger partial charge in [0.15, 0.2) is 0 Å². The van der Waals surface area contributed by atoms with Gasteiger partial charge in [0.1, 0.15) is 0 Å². The monoisotopic (exact) mass is 243 g/mol. The molecule has 0 aliphatic carbocycles. The fraction of sp³-hybridized carbons (Fsp3) is 1.00. The predicted octanol–water partition coefficient (Wildman–Crippen LogP) is 3.59. The van der Waals surface area contributed by atoms with Gasteiger partial charge in [-0.25, -0.2) is 0 Å². The van der Waals surface area contributed by atoms with Gasteiger partial charge in [-0.05, 0) is 25.3 Å². The van der Waals surface area contributed by atoms with Crippen LogP contribution in [-0.4, -0.2) is 24.8 Å². The van der Waals surface area contributed by atoms with E-state index < -0.39 is 0 Å². The number of rotatable bonds is 11. The molecule has 0 aliphatic rings. The van der Waals surface area contributed by atoms with Crippen LogP contribution in [0.25, 0.3) is 0 Å². The van der Waals surface area contributed by atoms with Gasteiger partial charge in [0.2, 0.25) is 0 Å². The molecule has 0 aromatic heterocycles. The van der Waals surface area contributed by atoms with E-state index in [2.05, 4.69) is 33.0 Å². The zero-order valence-electron chi connectivity index (χ0n) is 12.4. The third-order valence-electron chi connectivity index (χ3n) is 3.67. The average Bonchev–Trinajstić information content (AvgIpc) is 2.32. The quantitative estimate of drug-likeness (QED) is 0.544. The third kappa shape index (κ3) is 9.61. The molecule has 2 N–H and O–H groups in total. The Labute approximate surface area is 108 Å². The van der Waals surface area contributed by atoms with Gasteiger partial charge in [0.25, 0.3) is 0 Å². The van der Waals surface area contributed by atoms with E-state index >= 15 is 0 Å². The Bertz CT molecular complexity index is 164. The number of hydrogen-bond acceptors (Lipinski definition) is 2. The smallest absolute Gasteiger partial charge is 0.0496 e. The summed E-state index contributed by atoms with van der Waals surface area (Å²) in [6.07, 6.45) is 7.74. The summed E-state index contributed by atoms with van der Waals surface area (Å²) in [6.45, 7) is 11.2. The van der Waals surface area contributed by atoms with Crippen LogP contribution in [0.3, 0.4) is 0 Å². The van der Waals surface area contributed by atoms with Crippen molar-refractivity contribution in [3.63, 3.8) is 0 Å². The van der Waals surface area contributed by atoms with E-state index in [1.165, 1.54) is 32.1 Å². The van der Waals surface area contributed by atoms with Crippen LogP contribution >= 0.6 is 0 Å². The minimum atomic E-state index is 0.0671. The van der Waals surface area contributed by atoms with Crippen molar-refractivity contribution >= 4 is 0 Å². The molecule has 0 spiro atoms. The van der Waals surface area contributed by atoms with Crippen LogP contribution in [0.15, 0.2) is 0 Å². The van der Waals surface area contributed by atoms with E-state index in [1.807, 2.05) is 0 Å². The molecule has 0 fully saturated rings. The van der Waals surface area contributed by atoms with Gasteiger partial charge in [0, 0.05) is 18.6 Å². The van der Waals surface area contributed by atoms with Gasteiger partial charge in [-0.15, -0.1) is 0 Å². The molecule has 0 saturated carbocycles. The molecule has 0 heterocycles. The Hall–Kier alpha value is -0.0800. The van der Waals surface area contributed by atoms with Crippen molar-refractivity contribution in [3.8, 4) is 0 Å². The van der Waals surface area contributed by atoms with E-state index in [4.69, 9.17) is 0 Å². The normalized spacial score (nSPS) is 15.2. The van der Waals surface area contributed by atoms with Crippen LogP contribution in [-0.2, 0) is 0 Å². The second-order valence-corrected chi connectivity index (χ2v) is 6.10. The largest absolute Gasteiger partial charge is 0.396 e. The summed E-state index contributed by atoms with van der Waals surface area (Å²) >= 11 is 0. The Kier molecular flexibility index (Phi) is 9.85. The maximum Gasteiger partial charge on any atom is 0.0496 e. The Morgan fingerprint density at radius 1 is 1.12 bits per heavy atom. The lowest BCUT2D eigenvalue weighted by molar-refractivity contribution is 0.135. The molecule has 17 heavy (non-hydrogen) atoms. The molecule has 0 aliphatic heterocycles. The predicted molar refractivity (Wildman–Crippen MR) is 76.3 cm³/mol. The molecule has 0 bridgehead atoms. The van der Waals surface area contributed by atoms with Crippen molar-refractivity contribution < 1.29 is 5.11 Å². The fourth-order valence-corrected chi connectivity index (χ4v) is 1.84. The Morgan fingerprint density at radius 2 is 1.76 bits per heavy atom. The first-order valence-corrected chi connectivity index (χ1v) is 7.35. The van der Waals surface area contributed by atoms with Gasteiger partial charge in [-0.1, -0.05) is 53.4 Å². The third-order valence-corrected chi connectivity index (χ3v) is 3.67. The lowest BCUT2D eigenvalue weighted by Gasteiger charge is -2.25. The van der Waals surface area contributed by atoms with Crippen molar-refractivity contribution in [2.45, 2.75) is 66.2 Å². The summed E-state index contributed by atoms with van der Waals surface area (Å²) in [5.41, 5.74) is 0.0671. The van der Waals surface area contributed by atoms with Crippen LogP contribution in [0.1, 0.15) is 66.2 Å². The lowest BCUT2D eigenvalue weighted by atomic mass is 9.88. The van der Waals surface area contributed by atoms with Gasteiger partial charge in [-0.2, -0.15) is 0 Å². The van der Waals surface area contributed by atoms with E-state index in [1.54, 1.807) is 0 Å². The van der Waals surface area contributed by atoms with Crippen LogP contribution < -0.4 is 5.32 Å². The molecular weight excluding hydrogens is 210 g/mol.